The van der Waals surface area contributed by atoms with Crippen LogP contribution in [0.5, 0.6) is 0 Å². The molecule has 0 bridgehead atoms. The van der Waals surface area contributed by atoms with Crippen molar-refractivity contribution in [2.45, 2.75) is 19.3 Å². The molecule has 2 atom stereocenters. The van der Waals surface area contributed by atoms with Crippen molar-refractivity contribution in [3.05, 3.63) is 22.4 Å². The molecule has 3 rings (SSSR count). The number of hydrogen-bond donors (Lipinski definition) is 1. The van der Waals surface area contributed by atoms with Gasteiger partial charge in [0, 0.05) is 32.1 Å². The summed E-state index contributed by atoms with van der Waals surface area (Å²) in [6, 6.07) is 3.75. The number of hydrogen-bond acceptors (Lipinski definition) is 4. The molecule has 2 fully saturated rings. The molecule has 6 heteroatoms. The summed E-state index contributed by atoms with van der Waals surface area (Å²) >= 11 is 1.47. The largest absolute Gasteiger partial charge is 0.339 e. The molecule has 1 saturated carbocycles. The van der Waals surface area contributed by atoms with E-state index < -0.39 is 0 Å². The molecule has 2 heterocycles. The maximum Gasteiger partial charge on any atom is 0.264 e. The molecule has 1 aromatic rings. The molecule has 2 aliphatic rings. The third kappa shape index (κ3) is 3.03. The van der Waals surface area contributed by atoms with Crippen molar-refractivity contribution >= 4 is 23.2 Å². The minimum absolute atomic E-state index is 0.0859. The van der Waals surface area contributed by atoms with Gasteiger partial charge >= 0.3 is 0 Å². The van der Waals surface area contributed by atoms with Gasteiger partial charge in [-0.05, 0) is 36.8 Å². The number of nitrogens with two attached hydrogens (primary N) is 1. The summed E-state index contributed by atoms with van der Waals surface area (Å²) in [5.74, 6) is 0.779. The van der Waals surface area contributed by atoms with Crippen molar-refractivity contribution in [1.82, 2.24) is 9.80 Å². The average molecular weight is 321 g/mol. The highest BCUT2D eigenvalue weighted by atomic mass is 32.1. The lowest BCUT2D eigenvalue weighted by Gasteiger charge is -2.36. The summed E-state index contributed by atoms with van der Waals surface area (Å²) in [6.45, 7) is 3.14. The van der Waals surface area contributed by atoms with Crippen LogP contribution >= 0.6 is 11.3 Å². The van der Waals surface area contributed by atoms with Gasteiger partial charge < -0.3 is 15.5 Å². The molecule has 0 unspecified atom stereocenters. The smallest absolute Gasteiger partial charge is 0.264 e. The zero-order chi connectivity index (χ0) is 15.5. The molecule has 1 aliphatic carbocycles. The second kappa shape index (κ2) is 6.79. The average Bonchev–Trinajstić information content (AvgIpc) is 3.24. The first-order valence-electron chi connectivity index (χ1n) is 8.02. The second-order valence-electron chi connectivity index (χ2n) is 6.13. The van der Waals surface area contributed by atoms with Crippen LogP contribution in [0.2, 0.25) is 0 Å². The number of piperazine rings is 1. The topological polar surface area (TPSA) is 66.6 Å². The van der Waals surface area contributed by atoms with Crippen molar-refractivity contribution in [3.63, 3.8) is 0 Å². The van der Waals surface area contributed by atoms with E-state index in [0.717, 1.165) is 24.1 Å². The van der Waals surface area contributed by atoms with Gasteiger partial charge in [-0.25, -0.2) is 0 Å². The fraction of sp³-hybridized carbons (Fsp3) is 0.625. The van der Waals surface area contributed by atoms with Gasteiger partial charge in [0.05, 0.1) is 4.88 Å². The van der Waals surface area contributed by atoms with Crippen LogP contribution in [0.25, 0.3) is 0 Å². The summed E-state index contributed by atoms with van der Waals surface area (Å²) in [5.41, 5.74) is 5.79. The second-order valence-corrected chi connectivity index (χ2v) is 7.08. The first-order chi connectivity index (χ1) is 10.7. The molecule has 1 aliphatic heterocycles. The van der Waals surface area contributed by atoms with E-state index in [-0.39, 0.29) is 17.7 Å². The minimum Gasteiger partial charge on any atom is -0.339 e. The molecule has 0 spiro atoms. The Balaban J connectivity index is 1.55. The van der Waals surface area contributed by atoms with Gasteiger partial charge in [-0.2, -0.15) is 0 Å². The molecule has 120 valence electrons. The molecule has 5 nitrogen and oxygen atoms in total. The van der Waals surface area contributed by atoms with Crippen LogP contribution in [0.1, 0.15) is 28.9 Å². The van der Waals surface area contributed by atoms with Crippen LogP contribution in [-0.4, -0.2) is 54.3 Å². The molecular formula is C16H23N3O2S. The Morgan fingerprint density at radius 1 is 1.18 bits per heavy atom. The Kier molecular flexibility index (Phi) is 4.78. The first kappa shape index (κ1) is 15.5. The van der Waals surface area contributed by atoms with Gasteiger partial charge in [-0.3, -0.25) is 9.59 Å². The van der Waals surface area contributed by atoms with Gasteiger partial charge in [0.2, 0.25) is 5.91 Å². The fourth-order valence-electron chi connectivity index (χ4n) is 3.56. The molecule has 0 radical (unpaired) electrons. The number of amides is 2. The van der Waals surface area contributed by atoms with Gasteiger partial charge in [0.1, 0.15) is 0 Å². The fourth-order valence-corrected chi connectivity index (χ4v) is 4.26. The maximum absolute atomic E-state index is 12.6. The lowest BCUT2D eigenvalue weighted by molar-refractivity contribution is -0.138. The summed E-state index contributed by atoms with van der Waals surface area (Å²) < 4.78 is 0. The van der Waals surface area contributed by atoms with Crippen LogP contribution in [-0.2, 0) is 4.79 Å². The Bertz CT molecular complexity index is 524. The monoisotopic (exact) mass is 321 g/mol. The van der Waals surface area contributed by atoms with Crippen molar-refractivity contribution in [1.29, 1.82) is 0 Å². The molecular weight excluding hydrogens is 298 g/mol. The van der Waals surface area contributed by atoms with Crippen LogP contribution in [0, 0.1) is 11.8 Å². The third-order valence-corrected chi connectivity index (χ3v) is 5.75. The lowest BCUT2D eigenvalue weighted by atomic mass is 9.94. The highest BCUT2D eigenvalue weighted by Gasteiger charge is 2.36. The summed E-state index contributed by atoms with van der Waals surface area (Å²) in [4.78, 5) is 29.5. The van der Waals surface area contributed by atoms with Gasteiger partial charge in [0.25, 0.3) is 5.91 Å². The number of rotatable bonds is 3. The molecule has 0 aromatic carbocycles. The molecule has 22 heavy (non-hydrogen) atoms. The van der Waals surface area contributed by atoms with Crippen molar-refractivity contribution < 1.29 is 9.59 Å². The Morgan fingerprint density at radius 3 is 2.55 bits per heavy atom. The van der Waals surface area contributed by atoms with E-state index in [1.165, 1.54) is 11.3 Å². The van der Waals surface area contributed by atoms with E-state index in [2.05, 4.69) is 0 Å². The van der Waals surface area contributed by atoms with Crippen molar-refractivity contribution in [2.75, 3.05) is 32.7 Å². The Hall–Kier alpha value is -1.40. The SMILES string of the molecule is NC[C@H]1CCC[C@H]1C(=O)N1CCN(C(=O)c2cccs2)CC1. The van der Waals surface area contributed by atoms with Gasteiger partial charge in [-0.1, -0.05) is 12.5 Å². The van der Waals surface area contributed by atoms with Crippen molar-refractivity contribution in [2.24, 2.45) is 17.6 Å². The quantitative estimate of drug-likeness (QED) is 0.915. The van der Waals surface area contributed by atoms with Crippen LogP contribution in [0.4, 0.5) is 0 Å². The van der Waals surface area contributed by atoms with E-state index in [1.807, 2.05) is 27.3 Å². The minimum atomic E-state index is 0.0859. The van der Waals surface area contributed by atoms with E-state index in [0.29, 0.717) is 38.6 Å². The number of nitrogens with zero attached hydrogens (tertiary/aromatic N) is 2. The van der Waals surface area contributed by atoms with Gasteiger partial charge in [0.15, 0.2) is 0 Å². The van der Waals surface area contributed by atoms with Crippen LogP contribution < -0.4 is 5.73 Å². The number of carbonyl (C=O) groups is 2. The van der Waals surface area contributed by atoms with Crippen molar-refractivity contribution in [3.8, 4) is 0 Å². The summed E-state index contributed by atoms with van der Waals surface area (Å²) in [5, 5.41) is 1.92. The highest BCUT2D eigenvalue weighted by molar-refractivity contribution is 7.12. The standard InChI is InChI=1S/C16H23N3O2S/c17-11-12-3-1-4-13(12)15(20)18-6-8-19(9-7-18)16(21)14-5-2-10-22-14/h2,5,10,12-13H,1,3-4,6-9,11,17H2/t12-,13-/m1/s1. The maximum atomic E-state index is 12.6. The Labute approximate surface area is 135 Å². The van der Waals surface area contributed by atoms with Gasteiger partial charge in [-0.15, -0.1) is 11.3 Å². The first-order valence-corrected chi connectivity index (χ1v) is 8.90. The van der Waals surface area contributed by atoms with Crippen LogP contribution in [0.15, 0.2) is 17.5 Å². The van der Waals surface area contributed by atoms with E-state index in [4.69, 9.17) is 5.73 Å². The molecule has 2 amide bonds. The predicted molar refractivity (Wildman–Crippen MR) is 86.7 cm³/mol. The summed E-state index contributed by atoms with van der Waals surface area (Å²) in [6.07, 6.45) is 3.15. The lowest BCUT2D eigenvalue weighted by Crippen LogP contribution is -2.52. The van der Waals surface area contributed by atoms with Crippen LogP contribution in [0.3, 0.4) is 0 Å². The third-order valence-electron chi connectivity index (χ3n) is 4.89. The molecule has 1 saturated heterocycles. The zero-order valence-corrected chi connectivity index (χ0v) is 13.6. The molecule has 1 aromatic heterocycles. The molecule has 2 N–H and O–H groups in total. The van der Waals surface area contributed by atoms with E-state index in [1.54, 1.807) is 0 Å². The summed E-state index contributed by atoms with van der Waals surface area (Å²) in [7, 11) is 0. The predicted octanol–water partition coefficient (Wildman–Crippen LogP) is 1.41. The normalized spacial score (nSPS) is 25.5. The highest BCUT2D eigenvalue weighted by Crippen LogP contribution is 2.32. The number of carbonyl (C=O) groups excluding carboxylic acids is 2. The van der Waals surface area contributed by atoms with E-state index >= 15 is 0 Å². The zero-order valence-electron chi connectivity index (χ0n) is 12.7. The Morgan fingerprint density at radius 2 is 1.91 bits per heavy atom. The van der Waals surface area contributed by atoms with E-state index in [9.17, 15) is 9.59 Å². The number of thiophene rings is 1.